The van der Waals surface area contributed by atoms with E-state index in [2.05, 4.69) is 10.0 Å². The molecule has 0 aliphatic carbocycles. The Bertz CT molecular complexity index is 632. The average molecular weight is 318 g/mol. The molecule has 0 aliphatic rings. The molecule has 9 heteroatoms. The molecule has 0 saturated carbocycles. The first-order valence-corrected chi connectivity index (χ1v) is 7.72. The highest BCUT2D eigenvalue weighted by Gasteiger charge is 2.24. The molecule has 1 heterocycles. The van der Waals surface area contributed by atoms with Crippen molar-refractivity contribution >= 4 is 21.9 Å². The molecule has 0 spiro atoms. The minimum atomic E-state index is -4.01. The van der Waals surface area contributed by atoms with Crippen LogP contribution in [0.4, 0.5) is 0 Å². The Hall–Kier alpha value is -1.87. The molecular formula is C12H18N2O6S. The van der Waals surface area contributed by atoms with Gasteiger partial charge in [0.25, 0.3) is 0 Å². The number of carbonyl (C=O) groups is 2. The molecule has 21 heavy (non-hydrogen) atoms. The molecule has 3 N–H and O–H groups in total. The van der Waals surface area contributed by atoms with Crippen LogP contribution in [0.25, 0.3) is 0 Å². The maximum Gasteiger partial charge on any atom is 0.371 e. The highest BCUT2D eigenvalue weighted by Crippen LogP contribution is 2.19. The molecular weight excluding hydrogens is 300 g/mol. The predicted molar refractivity (Wildman–Crippen MR) is 73.4 cm³/mol. The van der Waals surface area contributed by atoms with Gasteiger partial charge in [-0.3, -0.25) is 4.79 Å². The molecule has 1 aromatic heterocycles. The zero-order valence-electron chi connectivity index (χ0n) is 12.0. The zero-order chi connectivity index (χ0) is 16.2. The van der Waals surface area contributed by atoms with Crippen LogP contribution >= 0.6 is 0 Å². The lowest BCUT2D eigenvalue weighted by Gasteiger charge is -2.08. The lowest BCUT2D eigenvalue weighted by Crippen LogP contribution is -2.38. The van der Waals surface area contributed by atoms with Crippen molar-refractivity contribution < 1.29 is 27.5 Å². The van der Waals surface area contributed by atoms with Gasteiger partial charge >= 0.3 is 5.97 Å². The smallest absolute Gasteiger partial charge is 0.371 e. The molecule has 0 fully saturated rings. The topological polar surface area (TPSA) is 126 Å². The van der Waals surface area contributed by atoms with Crippen molar-refractivity contribution in [3.8, 4) is 0 Å². The summed E-state index contributed by atoms with van der Waals surface area (Å²) in [6, 6.07) is 0.909. The Morgan fingerprint density at radius 3 is 2.48 bits per heavy atom. The van der Waals surface area contributed by atoms with Gasteiger partial charge in [0.1, 0.15) is 10.7 Å². The van der Waals surface area contributed by atoms with E-state index in [9.17, 15) is 18.0 Å². The minimum Gasteiger partial charge on any atom is -0.475 e. The van der Waals surface area contributed by atoms with E-state index in [0.29, 0.717) is 6.54 Å². The maximum atomic E-state index is 12.0. The molecule has 1 amide bonds. The summed E-state index contributed by atoms with van der Waals surface area (Å²) in [5.41, 5.74) is 0. The second-order valence-corrected chi connectivity index (χ2v) is 6.59. The van der Waals surface area contributed by atoms with Gasteiger partial charge < -0.3 is 14.8 Å². The van der Waals surface area contributed by atoms with Gasteiger partial charge in [0.15, 0.2) is 0 Å². The van der Waals surface area contributed by atoms with Crippen LogP contribution in [-0.4, -0.2) is 38.5 Å². The second-order valence-electron chi connectivity index (χ2n) is 4.86. The number of hydrogen-bond donors (Lipinski definition) is 3. The zero-order valence-corrected chi connectivity index (χ0v) is 12.8. The third-order valence-electron chi connectivity index (χ3n) is 2.50. The Kier molecular flexibility index (Phi) is 5.50. The second kappa shape index (κ2) is 6.72. The Morgan fingerprint density at radius 1 is 1.38 bits per heavy atom. The van der Waals surface area contributed by atoms with Crippen molar-refractivity contribution in [2.75, 3.05) is 13.1 Å². The van der Waals surface area contributed by atoms with Gasteiger partial charge in [-0.15, -0.1) is 0 Å². The number of sulfonamides is 1. The van der Waals surface area contributed by atoms with E-state index in [1.54, 1.807) is 0 Å². The largest absolute Gasteiger partial charge is 0.475 e. The Balaban J connectivity index is 2.74. The van der Waals surface area contributed by atoms with Crippen LogP contribution in [0, 0.1) is 12.8 Å². The van der Waals surface area contributed by atoms with Gasteiger partial charge in [0.05, 0.1) is 6.54 Å². The first kappa shape index (κ1) is 17.2. The molecule has 0 bridgehead atoms. The van der Waals surface area contributed by atoms with E-state index in [0.717, 1.165) is 6.07 Å². The standard InChI is InChI=1S/C12H18N2O6S/c1-7(2)5-13-11(15)6-14-21(18,19)10-4-9(12(16)17)20-8(10)3/h4,7,14H,5-6H2,1-3H3,(H,13,15)(H,16,17). The third kappa shape index (κ3) is 4.87. The molecule has 118 valence electrons. The highest BCUT2D eigenvalue weighted by atomic mass is 32.2. The lowest BCUT2D eigenvalue weighted by molar-refractivity contribution is -0.120. The Labute approximate surface area is 122 Å². The first-order chi connectivity index (χ1) is 9.63. The number of carbonyl (C=O) groups excluding carboxylic acids is 1. The number of carboxylic acids is 1. The fourth-order valence-corrected chi connectivity index (χ4v) is 2.62. The molecule has 1 rings (SSSR count). The lowest BCUT2D eigenvalue weighted by atomic mass is 10.2. The summed E-state index contributed by atoms with van der Waals surface area (Å²) in [4.78, 5) is 21.9. The maximum absolute atomic E-state index is 12.0. The molecule has 0 aromatic carbocycles. The number of nitrogens with one attached hydrogen (secondary N) is 2. The van der Waals surface area contributed by atoms with Gasteiger partial charge in [-0.25, -0.2) is 17.9 Å². The third-order valence-corrected chi connectivity index (χ3v) is 4.01. The van der Waals surface area contributed by atoms with Crippen molar-refractivity contribution in [3.05, 3.63) is 17.6 Å². The SMILES string of the molecule is Cc1oc(C(=O)O)cc1S(=O)(=O)NCC(=O)NCC(C)C. The summed E-state index contributed by atoms with van der Waals surface area (Å²) >= 11 is 0. The monoisotopic (exact) mass is 318 g/mol. The van der Waals surface area contributed by atoms with E-state index in [1.165, 1.54) is 6.92 Å². The molecule has 0 saturated heterocycles. The van der Waals surface area contributed by atoms with Crippen LogP contribution in [0.5, 0.6) is 0 Å². The fraction of sp³-hybridized carbons (Fsp3) is 0.500. The predicted octanol–water partition coefficient (Wildman–Crippen LogP) is 0.337. The molecule has 1 aromatic rings. The van der Waals surface area contributed by atoms with E-state index < -0.39 is 34.2 Å². The van der Waals surface area contributed by atoms with E-state index >= 15 is 0 Å². The summed E-state index contributed by atoms with van der Waals surface area (Å²) in [5.74, 6) is -2.11. The van der Waals surface area contributed by atoms with Crippen LogP contribution in [0.3, 0.4) is 0 Å². The van der Waals surface area contributed by atoms with Gasteiger partial charge in [-0.2, -0.15) is 0 Å². The number of carboxylic acid groups (broad SMARTS) is 1. The van der Waals surface area contributed by atoms with Crippen LogP contribution in [0.15, 0.2) is 15.4 Å². The number of hydrogen-bond acceptors (Lipinski definition) is 5. The minimum absolute atomic E-state index is 0.0533. The van der Waals surface area contributed by atoms with E-state index in [4.69, 9.17) is 9.52 Å². The van der Waals surface area contributed by atoms with Gasteiger partial charge in [-0.1, -0.05) is 13.8 Å². The average Bonchev–Trinajstić information content (AvgIpc) is 2.77. The number of aromatic carboxylic acids is 1. The summed E-state index contributed by atoms with van der Waals surface area (Å²) in [5, 5.41) is 11.3. The van der Waals surface area contributed by atoms with Crippen LogP contribution in [-0.2, 0) is 14.8 Å². The van der Waals surface area contributed by atoms with Gasteiger partial charge in [-0.05, 0) is 12.8 Å². The molecule has 0 unspecified atom stereocenters. The van der Waals surface area contributed by atoms with E-state index in [-0.39, 0.29) is 16.6 Å². The van der Waals surface area contributed by atoms with E-state index in [1.807, 2.05) is 13.8 Å². The molecule has 0 aliphatic heterocycles. The normalized spacial score (nSPS) is 11.6. The molecule has 0 atom stereocenters. The van der Waals surface area contributed by atoms with Crippen molar-refractivity contribution in [2.45, 2.75) is 25.7 Å². The van der Waals surface area contributed by atoms with Gasteiger partial charge in [0.2, 0.25) is 21.7 Å². The first-order valence-electron chi connectivity index (χ1n) is 6.23. The van der Waals surface area contributed by atoms with Crippen molar-refractivity contribution in [2.24, 2.45) is 5.92 Å². The van der Waals surface area contributed by atoms with Crippen molar-refractivity contribution in [3.63, 3.8) is 0 Å². The number of aryl methyl sites for hydroxylation is 1. The number of rotatable bonds is 7. The van der Waals surface area contributed by atoms with Crippen LogP contribution < -0.4 is 10.0 Å². The molecule has 8 nitrogen and oxygen atoms in total. The van der Waals surface area contributed by atoms with Crippen LogP contribution in [0.2, 0.25) is 0 Å². The Morgan fingerprint density at radius 2 is 2.00 bits per heavy atom. The number of furan rings is 1. The molecule has 0 radical (unpaired) electrons. The highest BCUT2D eigenvalue weighted by molar-refractivity contribution is 7.89. The quantitative estimate of drug-likeness (QED) is 0.665. The number of amides is 1. The van der Waals surface area contributed by atoms with Crippen molar-refractivity contribution in [1.82, 2.24) is 10.0 Å². The summed E-state index contributed by atoms with van der Waals surface area (Å²) in [6.45, 7) is 5.16. The van der Waals surface area contributed by atoms with Gasteiger partial charge in [0, 0.05) is 12.6 Å². The van der Waals surface area contributed by atoms with Crippen molar-refractivity contribution in [1.29, 1.82) is 0 Å². The summed E-state index contributed by atoms with van der Waals surface area (Å²) in [6.07, 6.45) is 0. The summed E-state index contributed by atoms with van der Waals surface area (Å²) in [7, 11) is -4.01. The fourth-order valence-electron chi connectivity index (χ4n) is 1.46. The summed E-state index contributed by atoms with van der Waals surface area (Å²) < 4.78 is 30.9. The van der Waals surface area contributed by atoms with Crippen LogP contribution in [0.1, 0.15) is 30.2 Å².